The van der Waals surface area contributed by atoms with Gasteiger partial charge in [0.2, 0.25) is 0 Å². The van der Waals surface area contributed by atoms with Crippen LogP contribution in [0.5, 0.6) is 0 Å². The summed E-state index contributed by atoms with van der Waals surface area (Å²) in [5.74, 6) is 0.877. The number of nitrogens with two attached hydrogens (primary N) is 1. The first-order valence-corrected chi connectivity index (χ1v) is 6.95. The number of fused-ring (bicyclic) bond motifs is 1. The Morgan fingerprint density at radius 2 is 2.00 bits per heavy atom. The molecule has 0 bridgehead atoms. The van der Waals surface area contributed by atoms with Gasteiger partial charge in [0.25, 0.3) is 0 Å². The van der Waals surface area contributed by atoms with Crippen molar-refractivity contribution in [3.8, 4) is 0 Å². The average molecular weight is 251 g/mol. The monoisotopic (exact) mass is 250 g/mol. The summed E-state index contributed by atoms with van der Waals surface area (Å²) in [5, 5.41) is 0.786. The number of rotatable bonds is 1. The Balaban J connectivity index is 1.94. The molecule has 2 fully saturated rings. The van der Waals surface area contributed by atoms with Gasteiger partial charge in [-0.1, -0.05) is 18.0 Å². The molecule has 1 aromatic carbocycles. The number of piperidine rings is 1. The van der Waals surface area contributed by atoms with Gasteiger partial charge in [0.1, 0.15) is 0 Å². The van der Waals surface area contributed by atoms with Crippen LogP contribution >= 0.6 is 11.6 Å². The summed E-state index contributed by atoms with van der Waals surface area (Å²) < 4.78 is 0. The first-order chi connectivity index (χ1) is 8.25. The second-order valence-electron chi connectivity index (χ2n) is 5.30. The van der Waals surface area contributed by atoms with E-state index in [9.17, 15) is 0 Å². The Labute approximate surface area is 108 Å². The van der Waals surface area contributed by atoms with E-state index in [1.165, 1.54) is 32.1 Å². The van der Waals surface area contributed by atoms with Crippen molar-refractivity contribution in [3.63, 3.8) is 0 Å². The molecule has 1 aliphatic carbocycles. The van der Waals surface area contributed by atoms with Gasteiger partial charge in [0.05, 0.1) is 11.4 Å². The molecule has 2 unspecified atom stereocenters. The normalized spacial score (nSPS) is 28.2. The minimum atomic E-state index is 0.699. The molecule has 1 saturated heterocycles. The largest absolute Gasteiger partial charge is 0.397 e. The Kier molecular flexibility index (Phi) is 2.91. The maximum absolute atomic E-state index is 6.10. The Morgan fingerprint density at radius 3 is 2.88 bits per heavy atom. The molecule has 2 aliphatic rings. The molecule has 1 saturated carbocycles. The molecule has 3 heteroatoms. The van der Waals surface area contributed by atoms with Crippen LogP contribution < -0.4 is 10.6 Å². The van der Waals surface area contributed by atoms with E-state index >= 15 is 0 Å². The number of hydrogen-bond acceptors (Lipinski definition) is 2. The lowest BCUT2D eigenvalue weighted by Crippen LogP contribution is -2.42. The molecule has 92 valence electrons. The molecular weight excluding hydrogens is 232 g/mol. The van der Waals surface area contributed by atoms with Crippen molar-refractivity contribution < 1.29 is 0 Å². The minimum Gasteiger partial charge on any atom is -0.397 e. The molecule has 1 aromatic rings. The number of halogens is 1. The lowest BCUT2D eigenvalue weighted by molar-refractivity contribution is 0.363. The highest BCUT2D eigenvalue weighted by Gasteiger charge is 2.35. The molecule has 2 atom stereocenters. The van der Waals surface area contributed by atoms with Crippen LogP contribution in [0.25, 0.3) is 0 Å². The van der Waals surface area contributed by atoms with E-state index < -0.39 is 0 Å². The zero-order chi connectivity index (χ0) is 11.8. The lowest BCUT2D eigenvalue weighted by atomic mass is 9.91. The highest BCUT2D eigenvalue weighted by atomic mass is 35.5. The zero-order valence-electron chi connectivity index (χ0n) is 10.0. The maximum Gasteiger partial charge on any atom is 0.0617 e. The van der Waals surface area contributed by atoms with Gasteiger partial charge in [0, 0.05) is 17.6 Å². The summed E-state index contributed by atoms with van der Waals surface area (Å²) >= 11 is 6.10. The van der Waals surface area contributed by atoms with Crippen LogP contribution in [0.3, 0.4) is 0 Å². The SMILES string of the molecule is Nc1ccc(Cl)cc1N1CCCC2CCCC21. The summed E-state index contributed by atoms with van der Waals surface area (Å²) in [6.45, 7) is 1.13. The summed E-state index contributed by atoms with van der Waals surface area (Å²) in [6.07, 6.45) is 6.75. The van der Waals surface area contributed by atoms with Crippen LogP contribution in [-0.2, 0) is 0 Å². The molecule has 2 nitrogen and oxygen atoms in total. The molecule has 3 rings (SSSR count). The van der Waals surface area contributed by atoms with E-state index in [-0.39, 0.29) is 0 Å². The Hall–Kier alpha value is -0.890. The number of nitrogens with zero attached hydrogens (tertiary/aromatic N) is 1. The first kappa shape index (κ1) is 11.2. The minimum absolute atomic E-state index is 0.699. The van der Waals surface area contributed by atoms with E-state index in [4.69, 9.17) is 17.3 Å². The van der Waals surface area contributed by atoms with Gasteiger partial charge in [-0.15, -0.1) is 0 Å². The molecule has 1 heterocycles. The van der Waals surface area contributed by atoms with E-state index in [2.05, 4.69) is 4.90 Å². The number of hydrogen-bond donors (Lipinski definition) is 1. The van der Waals surface area contributed by atoms with Gasteiger partial charge in [-0.05, 0) is 49.8 Å². The summed E-state index contributed by atoms with van der Waals surface area (Å²) in [4.78, 5) is 2.50. The van der Waals surface area contributed by atoms with Crippen molar-refractivity contribution in [2.24, 2.45) is 5.92 Å². The summed E-state index contributed by atoms with van der Waals surface area (Å²) in [7, 11) is 0. The lowest BCUT2D eigenvalue weighted by Gasteiger charge is -2.40. The number of anilines is 2. The topological polar surface area (TPSA) is 29.3 Å². The van der Waals surface area contributed by atoms with Gasteiger partial charge in [-0.3, -0.25) is 0 Å². The molecule has 0 aromatic heterocycles. The predicted octanol–water partition coefficient (Wildman–Crippen LogP) is 3.69. The van der Waals surface area contributed by atoms with Crippen molar-refractivity contribution in [1.82, 2.24) is 0 Å². The number of nitrogen functional groups attached to an aromatic ring is 1. The van der Waals surface area contributed by atoms with Gasteiger partial charge in [-0.25, -0.2) is 0 Å². The highest BCUT2D eigenvalue weighted by Crippen LogP contribution is 2.41. The van der Waals surface area contributed by atoms with Crippen molar-refractivity contribution in [3.05, 3.63) is 23.2 Å². The van der Waals surface area contributed by atoms with Crippen molar-refractivity contribution in [1.29, 1.82) is 0 Å². The fraction of sp³-hybridized carbons (Fsp3) is 0.571. The molecule has 0 amide bonds. The summed E-state index contributed by atoms with van der Waals surface area (Å²) in [5.41, 5.74) is 8.11. The van der Waals surface area contributed by atoms with Crippen LogP contribution in [0.2, 0.25) is 5.02 Å². The van der Waals surface area contributed by atoms with Gasteiger partial charge in [0.15, 0.2) is 0 Å². The summed E-state index contributed by atoms with van der Waals surface area (Å²) in [6, 6.07) is 6.52. The molecular formula is C14H19ClN2. The predicted molar refractivity (Wildman–Crippen MR) is 73.6 cm³/mol. The fourth-order valence-electron chi connectivity index (χ4n) is 3.52. The highest BCUT2D eigenvalue weighted by molar-refractivity contribution is 6.31. The van der Waals surface area contributed by atoms with E-state index in [1.807, 2.05) is 18.2 Å². The zero-order valence-corrected chi connectivity index (χ0v) is 10.8. The first-order valence-electron chi connectivity index (χ1n) is 6.57. The Bertz CT molecular complexity index is 419. The third-order valence-corrected chi connectivity index (χ3v) is 4.53. The smallest absolute Gasteiger partial charge is 0.0617 e. The van der Waals surface area contributed by atoms with Crippen LogP contribution in [-0.4, -0.2) is 12.6 Å². The second-order valence-corrected chi connectivity index (χ2v) is 5.73. The van der Waals surface area contributed by atoms with Crippen molar-refractivity contribution in [2.75, 3.05) is 17.2 Å². The van der Waals surface area contributed by atoms with Gasteiger partial charge >= 0.3 is 0 Å². The molecule has 17 heavy (non-hydrogen) atoms. The third-order valence-electron chi connectivity index (χ3n) is 4.30. The number of benzene rings is 1. The van der Waals surface area contributed by atoms with Crippen LogP contribution in [0.4, 0.5) is 11.4 Å². The Morgan fingerprint density at radius 1 is 1.18 bits per heavy atom. The quantitative estimate of drug-likeness (QED) is 0.771. The average Bonchev–Trinajstić information content (AvgIpc) is 2.80. The van der Waals surface area contributed by atoms with E-state index in [1.54, 1.807) is 0 Å². The second kappa shape index (κ2) is 4.41. The van der Waals surface area contributed by atoms with E-state index in [0.29, 0.717) is 6.04 Å². The van der Waals surface area contributed by atoms with Gasteiger partial charge < -0.3 is 10.6 Å². The van der Waals surface area contributed by atoms with Crippen LogP contribution in [0, 0.1) is 5.92 Å². The standard InChI is InChI=1S/C14H19ClN2/c15-11-6-7-12(16)14(9-11)17-8-2-4-10-3-1-5-13(10)17/h6-7,9-10,13H,1-5,8,16H2. The molecule has 1 aliphatic heterocycles. The van der Waals surface area contributed by atoms with E-state index in [0.717, 1.165) is 28.9 Å². The third kappa shape index (κ3) is 1.99. The fourth-order valence-corrected chi connectivity index (χ4v) is 3.68. The maximum atomic E-state index is 6.10. The van der Waals surface area contributed by atoms with Crippen LogP contribution in [0.1, 0.15) is 32.1 Å². The molecule has 0 radical (unpaired) electrons. The van der Waals surface area contributed by atoms with Crippen molar-refractivity contribution >= 4 is 23.0 Å². The molecule has 0 spiro atoms. The molecule has 2 N–H and O–H groups in total. The van der Waals surface area contributed by atoms with Gasteiger partial charge in [-0.2, -0.15) is 0 Å². The van der Waals surface area contributed by atoms with Crippen LogP contribution in [0.15, 0.2) is 18.2 Å². The van der Waals surface area contributed by atoms with Crippen molar-refractivity contribution in [2.45, 2.75) is 38.1 Å².